The quantitative estimate of drug-likeness (QED) is 0.752. The second kappa shape index (κ2) is 3.18. The molecule has 3 rings (SSSR count). The van der Waals surface area contributed by atoms with Crippen LogP contribution in [0.4, 0.5) is 5.82 Å². The van der Waals surface area contributed by atoms with Crippen molar-refractivity contribution < 1.29 is 4.74 Å². The lowest BCUT2D eigenvalue weighted by Gasteiger charge is -2.47. The molecule has 0 radical (unpaired) electrons. The molecule has 1 aliphatic heterocycles. The molecule has 0 N–H and O–H groups in total. The lowest BCUT2D eigenvalue weighted by molar-refractivity contribution is -0.0171. The van der Waals surface area contributed by atoms with E-state index >= 15 is 0 Å². The van der Waals surface area contributed by atoms with Gasteiger partial charge in [0, 0.05) is 32.5 Å². The number of hydrogen-bond acceptors (Lipinski definition) is 4. The number of methoxy groups -OCH3 is 1. The zero-order valence-corrected chi connectivity index (χ0v) is 9.42. The van der Waals surface area contributed by atoms with Crippen LogP contribution in [0, 0.1) is 0 Å². The summed E-state index contributed by atoms with van der Waals surface area (Å²) in [6.07, 6.45) is 3.68. The lowest BCUT2D eigenvalue weighted by Crippen LogP contribution is -2.61. The average Bonchev–Trinajstić information content (AvgIpc) is 2.71. The molecule has 2 aromatic rings. The van der Waals surface area contributed by atoms with E-state index in [1.54, 1.807) is 17.8 Å². The maximum atomic E-state index is 5.41. The Hall–Kier alpha value is -1.62. The molecule has 0 saturated carbocycles. The van der Waals surface area contributed by atoms with Crippen molar-refractivity contribution in [2.45, 2.75) is 12.5 Å². The molecule has 1 aliphatic rings. The number of anilines is 1. The van der Waals surface area contributed by atoms with Crippen molar-refractivity contribution >= 4 is 11.5 Å². The molecule has 3 heterocycles. The fourth-order valence-electron chi connectivity index (χ4n) is 2.03. The third-order valence-corrected chi connectivity index (χ3v) is 3.11. The molecule has 0 unspecified atom stereocenters. The first-order chi connectivity index (χ1) is 7.70. The third kappa shape index (κ3) is 1.36. The Morgan fingerprint density at radius 2 is 2.19 bits per heavy atom. The Morgan fingerprint density at radius 3 is 2.94 bits per heavy atom. The van der Waals surface area contributed by atoms with Gasteiger partial charge in [0.2, 0.25) is 0 Å². The fraction of sp³-hybridized carbons (Fsp3) is 0.455. The molecule has 16 heavy (non-hydrogen) atoms. The summed E-state index contributed by atoms with van der Waals surface area (Å²) in [6, 6.07) is 3.88. The second-order valence-electron chi connectivity index (χ2n) is 4.43. The molecule has 1 fully saturated rings. The SMILES string of the molecule is COC1(C)CN(c2ccn3nccc3n2)C1. The van der Waals surface area contributed by atoms with Crippen LogP contribution in [0.25, 0.3) is 5.65 Å². The van der Waals surface area contributed by atoms with Gasteiger partial charge in [-0.2, -0.15) is 5.10 Å². The molecule has 5 nitrogen and oxygen atoms in total. The van der Waals surface area contributed by atoms with Crippen LogP contribution in [0.3, 0.4) is 0 Å². The van der Waals surface area contributed by atoms with Crippen LogP contribution in [0.15, 0.2) is 24.5 Å². The molecular weight excluding hydrogens is 204 g/mol. The normalized spacial score (nSPS) is 18.8. The Morgan fingerprint density at radius 1 is 1.38 bits per heavy atom. The van der Waals surface area contributed by atoms with E-state index in [4.69, 9.17) is 4.74 Å². The Bertz CT molecular complexity index is 515. The van der Waals surface area contributed by atoms with Gasteiger partial charge in [-0.1, -0.05) is 0 Å². The van der Waals surface area contributed by atoms with Crippen molar-refractivity contribution in [3.8, 4) is 0 Å². The van der Waals surface area contributed by atoms with E-state index in [2.05, 4.69) is 21.9 Å². The molecule has 5 heteroatoms. The zero-order chi connectivity index (χ0) is 11.2. The predicted octanol–water partition coefficient (Wildman–Crippen LogP) is 0.954. The van der Waals surface area contributed by atoms with Crippen molar-refractivity contribution in [1.29, 1.82) is 0 Å². The summed E-state index contributed by atoms with van der Waals surface area (Å²) in [7, 11) is 1.75. The predicted molar refractivity (Wildman–Crippen MR) is 60.6 cm³/mol. The molecule has 1 saturated heterocycles. The summed E-state index contributed by atoms with van der Waals surface area (Å²) < 4.78 is 7.17. The summed E-state index contributed by atoms with van der Waals surface area (Å²) in [5.74, 6) is 0.988. The van der Waals surface area contributed by atoms with Gasteiger partial charge in [-0.05, 0) is 13.0 Å². The second-order valence-corrected chi connectivity index (χ2v) is 4.43. The van der Waals surface area contributed by atoms with Gasteiger partial charge in [0.25, 0.3) is 0 Å². The van der Waals surface area contributed by atoms with Crippen molar-refractivity contribution in [1.82, 2.24) is 14.6 Å². The van der Waals surface area contributed by atoms with Gasteiger partial charge >= 0.3 is 0 Å². The topological polar surface area (TPSA) is 42.7 Å². The maximum Gasteiger partial charge on any atom is 0.157 e. The number of hydrogen-bond donors (Lipinski definition) is 0. The highest BCUT2D eigenvalue weighted by Crippen LogP contribution is 2.28. The van der Waals surface area contributed by atoms with Gasteiger partial charge in [-0.25, -0.2) is 9.50 Å². The average molecular weight is 218 g/mol. The van der Waals surface area contributed by atoms with Crippen LogP contribution in [0.1, 0.15) is 6.92 Å². The van der Waals surface area contributed by atoms with Crippen molar-refractivity contribution in [2.24, 2.45) is 0 Å². The standard InChI is InChI=1S/C11H14N4O/c1-11(16-2)7-14(8-11)9-4-6-15-10(13-9)3-5-12-15/h3-6H,7-8H2,1-2H3. The monoisotopic (exact) mass is 218 g/mol. The Kier molecular flexibility index (Phi) is 1.91. The smallest absolute Gasteiger partial charge is 0.157 e. The molecule has 0 aliphatic carbocycles. The maximum absolute atomic E-state index is 5.41. The van der Waals surface area contributed by atoms with Crippen LogP contribution in [0.2, 0.25) is 0 Å². The summed E-state index contributed by atoms with van der Waals surface area (Å²) in [6.45, 7) is 3.89. The van der Waals surface area contributed by atoms with E-state index in [1.165, 1.54) is 0 Å². The third-order valence-electron chi connectivity index (χ3n) is 3.11. The minimum absolute atomic E-state index is 0.0198. The molecule has 2 aromatic heterocycles. The molecule has 0 aromatic carbocycles. The van der Waals surface area contributed by atoms with Gasteiger partial charge in [-0.3, -0.25) is 0 Å². The summed E-state index contributed by atoms with van der Waals surface area (Å²) in [4.78, 5) is 6.73. The fourth-order valence-corrected chi connectivity index (χ4v) is 2.03. The number of fused-ring (bicyclic) bond motifs is 1. The van der Waals surface area contributed by atoms with Gasteiger partial charge in [0.1, 0.15) is 5.82 Å². The highest BCUT2D eigenvalue weighted by Gasteiger charge is 2.39. The van der Waals surface area contributed by atoms with E-state index in [9.17, 15) is 0 Å². The van der Waals surface area contributed by atoms with E-state index in [0.717, 1.165) is 24.6 Å². The van der Waals surface area contributed by atoms with Gasteiger partial charge < -0.3 is 9.64 Å². The molecule has 0 spiro atoms. The Balaban J connectivity index is 1.85. The first kappa shape index (κ1) is 9.59. The highest BCUT2D eigenvalue weighted by atomic mass is 16.5. The first-order valence-electron chi connectivity index (χ1n) is 5.31. The first-order valence-corrected chi connectivity index (χ1v) is 5.31. The van der Waals surface area contributed by atoms with Gasteiger partial charge in [-0.15, -0.1) is 0 Å². The molecular formula is C11H14N4O. The van der Waals surface area contributed by atoms with E-state index in [1.807, 2.05) is 18.3 Å². The number of aromatic nitrogens is 3. The van der Waals surface area contributed by atoms with E-state index in [0.29, 0.717) is 0 Å². The lowest BCUT2D eigenvalue weighted by atomic mass is 9.97. The van der Waals surface area contributed by atoms with Crippen molar-refractivity contribution in [3.05, 3.63) is 24.5 Å². The Labute approximate surface area is 93.6 Å². The summed E-state index contributed by atoms with van der Waals surface area (Å²) >= 11 is 0. The minimum atomic E-state index is -0.0198. The zero-order valence-electron chi connectivity index (χ0n) is 9.42. The number of ether oxygens (including phenoxy) is 1. The molecule has 0 atom stereocenters. The minimum Gasteiger partial charge on any atom is -0.375 e. The van der Waals surface area contributed by atoms with Crippen LogP contribution >= 0.6 is 0 Å². The van der Waals surface area contributed by atoms with E-state index < -0.39 is 0 Å². The van der Waals surface area contributed by atoms with E-state index in [-0.39, 0.29) is 5.60 Å². The van der Waals surface area contributed by atoms with Crippen molar-refractivity contribution in [2.75, 3.05) is 25.1 Å². The van der Waals surface area contributed by atoms with Crippen molar-refractivity contribution in [3.63, 3.8) is 0 Å². The number of nitrogens with zero attached hydrogens (tertiary/aromatic N) is 4. The van der Waals surface area contributed by atoms with Crippen LogP contribution < -0.4 is 4.90 Å². The summed E-state index contributed by atoms with van der Waals surface area (Å²) in [5, 5.41) is 4.12. The molecule has 0 bridgehead atoms. The molecule has 0 amide bonds. The highest BCUT2D eigenvalue weighted by molar-refractivity contribution is 5.50. The van der Waals surface area contributed by atoms with Gasteiger partial charge in [0.05, 0.1) is 11.8 Å². The molecule has 84 valence electrons. The van der Waals surface area contributed by atoms with Crippen LogP contribution in [-0.2, 0) is 4.74 Å². The van der Waals surface area contributed by atoms with Crippen LogP contribution in [-0.4, -0.2) is 40.4 Å². The summed E-state index contributed by atoms with van der Waals surface area (Å²) in [5.41, 5.74) is 0.858. The van der Waals surface area contributed by atoms with Gasteiger partial charge in [0.15, 0.2) is 5.65 Å². The largest absolute Gasteiger partial charge is 0.375 e. The van der Waals surface area contributed by atoms with Crippen LogP contribution in [0.5, 0.6) is 0 Å². The number of rotatable bonds is 2.